The van der Waals surface area contributed by atoms with Gasteiger partial charge in [-0.1, -0.05) is 72.3 Å². The van der Waals surface area contributed by atoms with E-state index in [0.29, 0.717) is 0 Å². The molecule has 1 aromatic heterocycles. The highest BCUT2D eigenvalue weighted by Gasteiger charge is 2.13. The summed E-state index contributed by atoms with van der Waals surface area (Å²) in [4.78, 5) is 0. The Hall–Kier alpha value is -3.32. The Balaban J connectivity index is 1.77. The fraction of sp³-hybridized carbons (Fsp3) is 0.0769. The molecule has 0 saturated heterocycles. The van der Waals surface area contributed by atoms with E-state index in [1.165, 1.54) is 44.2 Å². The van der Waals surface area contributed by atoms with Crippen LogP contribution in [0.4, 0.5) is 0 Å². The molecular weight excluding hydrogens is 328 g/mol. The number of hydrogen-bond donors (Lipinski definition) is 0. The van der Waals surface area contributed by atoms with E-state index < -0.39 is 0 Å². The molecular formula is C26H20O. The number of para-hydroxylation sites is 1. The van der Waals surface area contributed by atoms with Gasteiger partial charge in [-0.25, -0.2) is 0 Å². The van der Waals surface area contributed by atoms with Crippen molar-refractivity contribution in [2.24, 2.45) is 0 Å². The Kier molecular flexibility index (Phi) is 3.61. The van der Waals surface area contributed by atoms with Crippen molar-refractivity contribution < 1.29 is 4.42 Å². The number of furan rings is 1. The molecule has 1 heterocycles. The van der Waals surface area contributed by atoms with Gasteiger partial charge in [0.05, 0.1) is 0 Å². The molecule has 0 spiro atoms. The van der Waals surface area contributed by atoms with E-state index in [0.717, 1.165) is 11.2 Å². The lowest BCUT2D eigenvalue weighted by molar-refractivity contribution is 0.669. The van der Waals surface area contributed by atoms with Crippen molar-refractivity contribution in [3.63, 3.8) is 0 Å². The Labute approximate surface area is 158 Å². The van der Waals surface area contributed by atoms with Crippen LogP contribution >= 0.6 is 0 Å². The summed E-state index contributed by atoms with van der Waals surface area (Å²) in [6, 6.07) is 30.1. The lowest BCUT2D eigenvalue weighted by atomic mass is 9.94. The molecule has 1 heteroatoms. The zero-order valence-corrected chi connectivity index (χ0v) is 15.5. The molecule has 0 aliphatic carbocycles. The summed E-state index contributed by atoms with van der Waals surface area (Å²) in [7, 11) is 0. The Morgan fingerprint density at radius 2 is 1.30 bits per heavy atom. The minimum Gasteiger partial charge on any atom is -0.456 e. The second kappa shape index (κ2) is 6.14. The molecule has 4 aromatic carbocycles. The van der Waals surface area contributed by atoms with Gasteiger partial charge in [-0.2, -0.15) is 0 Å². The van der Waals surface area contributed by atoms with E-state index in [-0.39, 0.29) is 0 Å². The van der Waals surface area contributed by atoms with Crippen molar-refractivity contribution in [3.05, 3.63) is 96.1 Å². The van der Waals surface area contributed by atoms with Crippen LogP contribution in [0.2, 0.25) is 0 Å². The second-order valence-corrected chi connectivity index (χ2v) is 7.23. The first-order valence-corrected chi connectivity index (χ1v) is 9.28. The minimum absolute atomic E-state index is 0.936. The molecule has 0 unspecified atom stereocenters. The molecule has 5 rings (SSSR count). The second-order valence-electron chi connectivity index (χ2n) is 7.23. The number of hydrogen-bond acceptors (Lipinski definition) is 1. The van der Waals surface area contributed by atoms with Crippen molar-refractivity contribution in [3.8, 4) is 22.3 Å². The fourth-order valence-corrected chi connectivity index (χ4v) is 3.87. The maximum Gasteiger partial charge on any atom is 0.136 e. The third-order valence-corrected chi connectivity index (χ3v) is 5.18. The molecule has 0 aliphatic rings. The van der Waals surface area contributed by atoms with Crippen molar-refractivity contribution >= 4 is 21.9 Å². The largest absolute Gasteiger partial charge is 0.456 e. The van der Waals surface area contributed by atoms with Crippen LogP contribution in [0, 0.1) is 13.8 Å². The van der Waals surface area contributed by atoms with E-state index in [1.807, 2.05) is 12.1 Å². The van der Waals surface area contributed by atoms with Crippen LogP contribution in [0.1, 0.15) is 11.1 Å². The first-order chi connectivity index (χ1) is 13.2. The highest BCUT2D eigenvalue weighted by molar-refractivity contribution is 6.12. The van der Waals surface area contributed by atoms with Gasteiger partial charge < -0.3 is 4.42 Å². The predicted molar refractivity (Wildman–Crippen MR) is 114 cm³/mol. The monoisotopic (exact) mass is 348 g/mol. The lowest BCUT2D eigenvalue weighted by Gasteiger charge is -2.10. The summed E-state index contributed by atoms with van der Waals surface area (Å²) in [5.74, 6) is 0. The van der Waals surface area contributed by atoms with Crippen LogP contribution in [0.3, 0.4) is 0 Å². The summed E-state index contributed by atoms with van der Waals surface area (Å²) in [5, 5.41) is 2.36. The van der Waals surface area contributed by atoms with Gasteiger partial charge >= 0.3 is 0 Å². The molecule has 0 amide bonds. The van der Waals surface area contributed by atoms with E-state index in [1.54, 1.807) is 0 Å². The maximum atomic E-state index is 6.07. The zero-order valence-electron chi connectivity index (χ0n) is 15.5. The van der Waals surface area contributed by atoms with Crippen molar-refractivity contribution in [2.75, 3.05) is 0 Å². The van der Waals surface area contributed by atoms with Gasteiger partial charge in [0.25, 0.3) is 0 Å². The van der Waals surface area contributed by atoms with E-state index in [9.17, 15) is 0 Å². The van der Waals surface area contributed by atoms with E-state index in [4.69, 9.17) is 4.42 Å². The molecule has 0 saturated carbocycles. The van der Waals surface area contributed by atoms with Gasteiger partial charge in [-0.3, -0.25) is 0 Å². The minimum atomic E-state index is 0.936. The average Bonchev–Trinajstić information content (AvgIpc) is 3.07. The van der Waals surface area contributed by atoms with Gasteiger partial charge in [0.15, 0.2) is 0 Å². The van der Waals surface area contributed by atoms with Crippen LogP contribution in [-0.2, 0) is 0 Å². The van der Waals surface area contributed by atoms with E-state index >= 15 is 0 Å². The molecule has 5 aromatic rings. The van der Waals surface area contributed by atoms with Crippen LogP contribution in [0.15, 0.2) is 89.3 Å². The topological polar surface area (TPSA) is 13.1 Å². The highest BCUT2D eigenvalue weighted by atomic mass is 16.3. The fourth-order valence-electron chi connectivity index (χ4n) is 3.87. The number of benzene rings is 4. The first-order valence-electron chi connectivity index (χ1n) is 9.28. The van der Waals surface area contributed by atoms with Gasteiger partial charge in [-0.05, 0) is 59.9 Å². The van der Waals surface area contributed by atoms with Crippen LogP contribution in [0.5, 0.6) is 0 Å². The van der Waals surface area contributed by atoms with Gasteiger partial charge in [0.2, 0.25) is 0 Å². The van der Waals surface area contributed by atoms with E-state index in [2.05, 4.69) is 86.6 Å². The molecule has 0 fully saturated rings. The summed E-state index contributed by atoms with van der Waals surface area (Å²) in [6.45, 7) is 4.28. The molecule has 0 radical (unpaired) electrons. The first kappa shape index (κ1) is 15.9. The number of aryl methyl sites for hydroxylation is 2. The number of fused-ring (bicyclic) bond motifs is 3. The SMILES string of the molecule is Cc1ccc(-c2cc(C)cc(-c3cccc4oc5ccccc5c34)c2)cc1. The third kappa shape index (κ3) is 2.72. The Bertz CT molecular complexity index is 1270. The quantitative estimate of drug-likeness (QED) is 0.321. The maximum absolute atomic E-state index is 6.07. The summed E-state index contributed by atoms with van der Waals surface area (Å²) in [5.41, 5.74) is 9.34. The van der Waals surface area contributed by atoms with Crippen LogP contribution < -0.4 is 0 Å². The van der Waals surface area contributed by atoms with Crippen molar-refractivity contribution in [2.45, 2.75) is 13.8 Å². The Morgan fingerprint density at radius 3 is 2.15 bits per heavy atom. The normalized spacial score (nSPS) is 11.3. The Morgan fingerprint density at radius 1 is 0.556 bits per heavy atom. The molecule has 0 aliphatic heterocycles. The van der Waals surface area contributed by atoms with Crippen molar-refractivity contribution in [1.82, 2.24) is 0 Å². The average molecular weight is 348 g/mol. The van der Waals surface area contributed by atoms with Gasteiger partial charge in [-0.15, -0.1) is 0 Å². The number of rotatable bonds is 2. The summed E-state index contributed by atoms with van der Waals surface area (Å²) < 4.78 is 6.07. The molecule has 0 N–H and O–H groups in total. The molecule has 27 heavy (non-hydrogen) atoms. The third-order valence-electron chi connectivity index (χ3n) is 5.18. The molecule has 0 atom stereocenters. The van der Waals surface area contributed by atoms with Crippen LogP contribution in [-0.4, -0.2) is 0 Å². The predicted octanol–water partition coefficient (Wildman–Crippen LogP) is 7.54. The molecule has 0 bridgehead atoms. The summed E-state index contributed by atoms with van der Waals surface area (Å²) >= 11 is 0. The molecule has 130 valence electrons. The van der Waals surface area contributed by atoms with Crippen LogP contribution in [0.25, 0.3) is 44.2 Å². The lowest BCUT2D eigenvalue weighted by Crippen LogP contribution is -1.86. The van der Waals surface area contributed by atoms with Crippen molar-refractivity contribution in [1.29, 1.82) is 0 Å². The zero-order chi connectivity index (χ0) is 18.4. The summed E-state index contributed by atoms with van der Waals surface area (Å²) in [6.07, 6.45) is 0. The highest BCUT2D eigenvalue weighted by Crippen LogP contribution is 2.38. The molecule has 1 nitrogen and oxygen atoms in total. The smallest absolute Gasteiger partial charge is 0.136 e. The van der Waals surface area contributed by atoms with Gasteiger partial charge in [0.1, 0.15) is 11.2 Å². The standard InChI is InChI=1S/C26H20O/c1-17-10-12-19(13-11-17)20-14-18(2)15-21(16-20)22-7-5-9-25-26(22)23-6-3-4-8-24(23)27-25/h3-16H,1-2H3. The van der Waals surface area contributed by atoms with Gasteiger partial charge in [0, 0.05) is 10.8 Å².